The third-order valence-electron chi connectivity index (χ3n) is 6.36. The molecule has 0 aromatic heterocycles. The Kier molecular flexibility index (Phi) is 4.64. The van der Waals surface area contributed by atoms with Crippen molar-refractivity contribution in [3.63, 3.8) is 0 Å². The predicted octanol–water partition coefficient (Wildman–Crippen LogP) is 5.04. The third-order valence-corrected chi connectivity index (χ3v) is 6.36. The maximum Gasteiger partial charge on any atom is 0.282 e. The number of pyridine rings is 1. The number of halogens is 1. The standard InChI is InChI=1S/C27H21FN4O/c28-23-6-2-4-8-25(23)32-27(33)22-17-31(24-7-3-1-5-21(24)26(22)30-32)16-18-9-11-19(12-10-18)20-13-14-29-15-20/h1-12,14,17,20H,13,15-16H2. The zero-order valence-corrected chi connectivity index (χ0v) is 17.9. The molecular weight excluding hydrogens is 415 g/mol. The highest BCUT2D eigenvalue weighted by atomic mass is 19.1. The molecule has 3 aromatic carbocycles. The van der Waals surface area contributed by atoms with Crippen LogP contribution in [0.4, 0.5) is 4.39 Å². The molecule has 6 rings (SSSR count). The van der Waals surface area contributed by atoms with Crippen molar-refractivity contribution in [1.29, 1.82) is 0 Å². The summed E-state index contributed by atoms with van der Waals surface area (Å²) in [6.07, 6.45) is 4.83. The number of nitrogens with zero attached hydrogens (tertiary/aromatic N) is 4. The number of hydrogen-bond acceptors (Lipinski definition) is 3. The smallest absolute Gasteiger partial charge is 0.282 e. The summed E-state index contributed by atoms with van der Waals surface area (Å²) < 4.78 is 17.6. The van der Waals surface area contributed by atoms with Gasteiger partial charge in [0.2, 0.25) is 0 Å². The van der Waals surface area contributed by atoms with Gasteiger partial charge in [-0.05, 0) is 42.0 Å². The Labute approximate surface area is 189 Å². The second-order valence-corrected chi connectivity index (χ2v) is 8.43. The van der Waals surface area contributed by atoms with Crippen molar-refractivity contribution in [2.45, 2.75) is 18.9 Å². The molecule has 0 N–H and O–H groups in total. The van der Waals surface area contributed by atoms with Crippen LogP contribution in [0.15, 0.2) is 88.8 Å². The van der Waals surface area contributed by atoms with Crippen molar-refractivity contribution in [1.82, 2.24) is 14.3 Å². The number of fused-ring (bicyclic) bond motifs is 3. The molecular formula is C27H21FN4O. The van der Waals surface area contributed by atoms with E-state index in [0.29, 0.717) is 23.7 Å². The lowest BCUT2D eigenvalue weighted by atomic mass is 9.97. The number of benzene rings is 3. The Morgan fingerprint density at radius 2 is 1.76 bits per heavy atom. The fraction of sp³-hybridized carbons (Fsp3) is 0.148. The molecule has 0 radical (unpaired) electrons. The summed E-state index contributed by atoms with van der Waals surface area (Å²) in [5.74, 6) is -0.0107. The molecule has 0 aliphatic carbocycles. The fourth-order valence-corrected chi connectivity index (χ4v) is 4.61. The van der Waals surface area contributed by atoms with Gasteiger partial charge in [0.05, 0.1) is 11.1 Å². The van der Waals surface area contributed by atoms with E-state index in [1.807, 2.05) is 36.7 Å². The van der Waals surface area contributed by atoms with Crippen LogP contribution in [0.25, 0.3) is 27.8 Å². The molecule has 0 bridgehead atoms. The van der Waals surface area contributed by atoms with Gasteiger partial charge in [0.15, 0.2) is 0 Å². The molecule has 1 atom stereocenters. The minimum atomic E-state index is -0.479. The summed E-state index contributed by atoms with van der Waals surface area (Å²) in [6, 6.07) is 22.7. The highest BCUT2D eigenvalue weighted by Gasteiger charge is 2.22. The molecule has 0 fully saturated rings. The van der Waals surface area contributed by atoms with Crippen molar-refractivity contribution < 1.29 is 4.39 Å². The lowest BCUT2D eigenvalue weighted by Gasteiger charge is -2.15. The van der Waals surface area contributed by atoms with Crippen LogP contribution in [0, 0.1) is 5.82 Å². The van der Waals surface area contributed by atoms with E-state index in [1.165, 1.54) is 11.6 Å². The quantitative estimate of drug-likeness (QED) is 0.396. The Bertz CT molecular complexity index is 1520. The van der Waals surface area contributed by atoms with Gasteiger partial charge in [-0.15, -0.1) is 0 Å². The predicted molar refractivity (Wildman–Crippen MR) is 128 cm³/mol. The summed E-state index contributed by atoms with van der Waals surface area (Å²) in [7, 11) is 0. The average Bonchev–Trinajstić information content (AvgIpc) is 3.49. The van der Waals surface area contributed by atoms with Gasteiger partial charge in [-0.2, -0.15) is 9.78 Å². The summed E-state index contributed by atoms with van der Waals surface area (Å²) in [5.41, 5.74) is 4.28. The zero-order chi connectivity index (χ0) is 22.4. The van der Waals surface area contributed by atoms with Crippen LogP contribution in [0.2, 0.25) is 0 Å². The molecule has 3 heterocycles. The normalized spacial score (nSPS) is 15.6. The zero-order valence-electron chi connectivity index (χ0n) is 17.9. The topological polar surface area (TPSA) is 52.2 Å². The van der Waals surface area contributed by atoms with Crippen LogP contribution < -0.4 is 5.56 Å². The number of hydrogen-bond donors (Lipinski definition) is 0. The van der Waals surface area contributed by atoms with E-state index < -0.39 is 5.82 Å². The molecule has 0 saturated heterocycles. The maximum atomic E-state index is 14.4. The van der Waals surface area contributed by atoms with Crippen LogP contribution in [-0.2, 0) is 6.54 Å². The molecule has 6 heteroatoms. The second-order valence-electron chi connectivity index (χ2n) is 8.43. The Morgan fingerprint density at radius 1 is 0.970 bits per heavy atom. The van der Waals surface area contributed by atoms with E-state index in [2.05, 4.69) is 38.9 Å². The number of para-hydroxylation sites is 2. The van der Waals surface area contributed by atoms with E-state index in [4.69, 9.17) is 0 Å². The van der Waals surface area contributed by atoms with Crippen molar-refractivity contribution in [3.05, 3.63) is 106 Å². The first kappa shape index (κ1) is 19.6. The first-order chi connectivity index (χ1) is 16.2. The SMILES string of the molecule is O=c1c2cn(Cc3ccc(C4CC=NC4)cc3)c3ccccc3c-2nn1-c1ccccc1F. The van der Waals surface area contributed by atoms with Crippen molar-refractivity contribution in [3.8, 4) is 16.9 Å². The molecule has 1 unspecified atom stereocenters. The fourth-order valence-electron chi connectivity index (χ4n) is 4.61. The summed E-state index contributed by atoms with van der Waals surface area (Å²) in [6.45, 7) is 1.47. The van der Waals surface area contributed by atoms with Crippen LogP contribution in [0.3, 0.4) is 0 Å². The van der Waals surface area contributed by atoms with Gasteiger partial charge >= 0.3 is 0 Å². The summed E-state index contributed by atoms with van der Waals surface area (Å²) in [4.78, 5) is 17.6. The maximum absolute atomic E-state index is 14.4. The monoisotopic (exact) mass is 436 g/mol. The average molecular weight is 436 g/mol. The highest BCUT2D eigenvalue weighted by Crippen LogP contribution is 2.29. The third kappa shape index (κ3) is 3.35. The van der Waals surface area contributed by atoms with Gasteiger partial charge in [-0.1, -0.05) is 54.6 Å². The molecule has 0 spiro atoms. The Morgan fingerprint density at radius 3 is 2.55 bits per heavy atom. The second kappa shape index (κ2) is 7.81. The van der Waals surface area contributed by atoms with Gasteiger partial charge < -0.3 is 4.57 Å². The van der Waals surface area contributed by atoms with Crippen LogP contribution in [0.1, 0.15) is 23.5 Å². The van der Waals surface area contributed by atoms with Crippen molar-refractivity contribution >= 4 is 17.1 Å². The lowest BCUT2D eigenvalue weighted by molar-refractivity contribution is 0.609. The van der Waals surface area contributed by atoms with E-state index in [-0.39, 0.29) is 11.2 Å². The summed E-state index contributed by atoms with van der Waals surface area (Å²) >= 11 is 0. The van der Waals surface area contributed by atoms with Crippen LogP contribution >= 0.6 is 0 Å². The van der Waals surface area contributed by atoms with E-state index in [0.717, 1.165) is 34.1 Å². The van der Waals surface area contributed by atoms with E-state index in [1.54, 1.807) is 18.2 Å². The van der Waals surface area contributed by atoms with Gasteiger partial charge in [0.1, 0.15) is 17.2 Å². The number of rotatable bonds is 4. The van der Waals surface area contributed by atoms with Gasteiger partial charge in [0, 0.05) is 30.6 Å². The molecule has 162 valence electrons. The van der Waals surface area contributed by atoms with Gasteiger partial charge in [0.25, 0.3) is 5.56 Å². The molecule has 3 aliphatic heterocycles. The van der Waals surface area contributed by atoms with E-state index >= 15 is 0 Å². The minimum absolute atomic E-state index is 0.154. The van der Waals surface area contributed by atoms with Gasteiger partial charge in [-0.25, -0.2) is 4.39 Å². The molecule has 3 aromatic rings. The number of aromatic nitrogens is 3. The summed E-state index contributed by atoms with van der Waals surface area (Å²) in [5, 5.41) is 5.38. The molecule has 5 nitrogen and oxygen atoms in total. The highest BCUT2D eigenvalue weighted by molar-refractivity contribution is 5.93. The first-order valence-electron chi connectivity index (χ1n) is 11.0. The molecule has 33 heavy (non-hydrogen) atoms. The molecule has 3 aliphatic rings. The largest absolute Gasteiger partial charge is 0.342 e. The Hall–Kier alpha value is -4.06. The van der Waals surface area contributed by atoms with E-state index in [9.17, 15) is 9.18 Å². The molecule has 0 saturated carbocycles. The Balaban J connectivity index is 1.45. The first-order valence-corrected chi connectivity index (χ1v) is 11.0. The molecule has 0 amide bonds. The van der Waals surface area contributed by atoms with Crippen molar-refractivity contribution in [2.24, 2.45) is 4.99 Å². The minimum Gasteiger partial charge on any atom is -0.342 e. The number of aliphatic imine (C=N–C) groups is 1. The van der Waals surface area contributed by atoms with Gasteiger partial charge in [-0.3, -0.25) is 9.79 Å². The van der Waals surface area contributed by atoms with Crippen LogP contribution in [0.5, 0.6) is 0 Å². The van der Waals surface area contributed by atoms with Crippen LogP contribution in [-0.4, -0.2) is 27.1 Å². The van der Waals surface area contributed by atoms with Crippen molar-refractivity contribution in [2.75, 3.05) is 6.54 Å². The lowest BCUT2D eigenvalue weighted by Crippen LogP contribution is -2.16.